The number of carboxylic acids is 2. The summed E-state index contributed by atoms with van der Waals surface area (Å²) in [6, 6.07) is 41.3. The van der Waals surface area contributed by atoms with Crippen LogP contribution in [-0.4, -0.2) is 105 Å². The standard InChI is InChI=1S/C22H26BrN3O3.C22H25BrN2O4.C19H28BrN3O3.C19H27BrN2O4/c1-14(2)12-19(26-22(29)25-17-10-8-16(23)9-11-17)20(27)13-18(21(24)28)15-6-4-3-5-7-15;1-14(2)12-19(25-22(29)24-17-10-8-16(23)9-11-17)20(26)13-18(21(27)28)15-6-4-3-5-7-15;1-4-5-13(18(21)25)11-17(24)16(10-12(2)3)23-19(26)22-15-8-6-14(20)7-9-15;1-4-5-13(18(24)25)11-17(23)16(10-12(2)3)22-19(26)21-15-8-6-14(20)7-9-15/h3-11,14,18-19H,12-13H2,1-2H3,(H2,24,28)(H2,25,26,29);3-11,14,18-19H,12-13H2,1-2H3,(H,27,28)(H2,24,25,29);6-9,12-13,16H,4-5,10-11H2,1-3H3,(H2,21,25)(H2,22,23,26);6-9,12-13,16H,4-5,10-11H2,1-3H3,(H,24,25)(H2,21,22,26)/t2*18-,19-;2*13-,16+/m0011/s1. The number of nitrogens with one attached hydrogen (secondary N) is 8. The molecule has 6 aromatic carbocycles. The van der Waals surface area contributed by atoms with E-state index >= 15 is 0 Å². The van der Waals surface area contributed by atoms with Crippen LogP contribution in [0.3, 0.4) is 0 Å². The largest absolute Gasteiger partial charge is 0.481 e. The molecule has 0 aromatic heterocycles. The predicted molar refractivity (Wildman–Crippen MR) is 445 cm³/mol. The van der Waals surface area contributed by atoms with Crippen LogP contribution in [-0.2, 0) is 38.4 Å². The lowest BCUT2D eigenvalue weighted by atomic mass is 9.89. The van der Waals surface area contributed by atoms with Gasteiger partial charge in [0.05, 0.1) is 41.9 Å². The van der Waals surface area contributed by atoms with Crippen molar-refractivity contribution in [3.8, 4) is 0 Å². The lowest BCUT2D eigenvalue weighted by Crippen LogP contribution is -2.45. The zero-order chi connectivity index (χ0) is 82.2. The lowest BCUT2D eigenvalue weighted by molar-refractivity contribution is -0.144. The predicted octanol–water partition coefficient (Wildman–Crippen LogP) is 17.3. The molecule has 0 aliphatic carbocycles. The van der Waals surface area contributed by atoms with Crippen LogP contribution in [0.15, 0.2) is 176 Å². The van der Waals surface area contributed by atoms with Gasteiger partial charge in [0.1, 0.15) is 0 Å². The summed E-state index contributed by atoms with van der Waals surface area (Å²) in [5.74, 6) is -6.14. The molecule has 8 atom stereocenters. The lowest BCUT2D eigenvalue weighted by Gasteiger charge is -2.22. The molecular weight excluding hydrogens is 1670 g/mol. The van der Waals surface area contributed by atoms with Gasteiger partial charge in [0.25, 0.3) is 0 Å². The Morgan fingerprint density at radius 1 is 0.327 bits per heavy atom. The van der Waals surface area contributed by atoms with Crippen molar-refractivity contribution in [2.45, 2.75) is 182 Å². The number of anilines is 4. The molecule has 0 unspecified atom stereocenters. The molecule has 0 bridgehead atoms. The molecule has 6 rings (SSSR count). The van der Waals surface area contributed by atoms with E-state index < -0.39 is 95.7 Å². The van der Waals surface area contributed by atoms with Gasteiger partial charge in [0, 0.05) is 72.2 Å². The summed E-state index contributed by atoms with van der Waals surface area (Å²) < 4.78 is 3.59. The Morgan fingerprint density at radius 3 is 0.809 bits per heavy atom. The second-order valence-corrected chi connectivity index (χ2v) is 31.9. The van der Waals surface area contributed by atoms with E-state index in [1.807, 2.05) is 99.6 Å². The van der Waals surface area contributed by atoms with E-state index in [9.17, 15) is 67.7 Å². The third-order valence-electron chi connectivity index (χ3n) is 16.8. The molecule has 0 saturated carbocycles. The van der Waals surface area contributed by atoms with E-state index in [1.54, 1.807) is 127 Å². The van der Waals surface area contributed by atoms with Crippen molar-refractivity contribution in [2.24, 2.45) is 47.0 Å². The maximum absolute atomic E-state index is 12.9. The minimum Gasteiger partial charge on any atom is -0.481 e. The highest BCUT2D eigenvalue weighted by atomic mass is 79.9. The summed E-state index contributed by atoms with van der Waals surface area (Å²) in [5, 5.41) is 40.5. The van der Waals surface area contributed by atoms with Crippen molar-refractivity contribution in [1.29, 1.82) is 0 Å². The molecule has 0 spiro atoms. The molecule has 28 heteroatoms. The van der Waals surface area contributed by atoms with Crippen LogP contribution in [0.2, 0.25) is 0 Å². The number of rotatable bonds is 38. The van der Waals surface area contributed by atoms with Crippen molar-refractivity contribution in [2.75, 3.05) is 21.3 Å². The van der Waals surface area contributed by atoms with E-state index in [0.29, 0.717) is 78.8 Å². The van der Waals surface area contributed by atoms with Gasteiger partial charge >= 0.3 is 36.1 Å². The van der Waals surface area contributed by atoms with Crippen molar-refractivity contribution in [1.82, 2.24) is 21.3 Å². The summed E-state index contributed by atoms with van der Waals surface area (Å²) in [6.07, 6.45) is 4.07. The van der Waals surface area contributed by atoms with Crippen LogP contribution in [0.5, 0.6) is 0 Å². The molecule has 110 heavy (non-hydrogen) atoms. The van der Waals surface area contributed by atoms with E-state index in [0.717, 1.165) is 24.3 Å². The van der Waals surface area contributed by atoms with Gasteiger partial charge in [-0.2, -0.15) is 0 Å². The van der Waals surface area contributed by atoms with Gasteiger partial charge in [-0.1, -0.05) is 206 Å². The molecule has 0 radical (unpaired) electrons. The average Bonchev–Trinajstić information content (AvgIpc) is 0.861. The fourth-order valence-electron chi connectivity index (χ4n) is 11.3. The van der Waals surface area contributed by atoms with Crippen LogP contribution in [0, 0.1) is 35.5 Å². The summed E-state index contributed by atoms with van der Waals surface area (Å²) in [4.78, 5) is 147. The number of Topliss-reactive ketones (excluding diaryl/α,β-unsaturated/α-hetero) is 4. The molecule has 14 N–H and O–H groups in total. The number of carbonyl (C=O) groups is 12. The number of ketones is 4. The van der Waals surface area contributed by atoms with Gasteiger partial charge in [-0.15, -0.1) is 0 Å². The molecule has 596 valence electrons. The van der Waals surface area contributed by atoms with Gasteiger partial charge in [-0.05, 0) is 170 Å². The van der Waals surface area contributed by atoms with Crippen molar-refractivity contribution >= 4 is 157 Å². The maximum Gasteiger partial charge on any atom is 0.319 e. The quantitative estimate of drug-likeness (QED) is 0.0171. The Hall–Kier alpha value is -9.12. The van der Waals surface area contributed by atoms with Crippen molar-refractivity contribution in [3.05, 3.63) is 187 Å². The number of carbonyl (C=O) groups excluding carboxylic acids is 10. The minimum absolute atomic E-state index is 0.0547. The second kappa shape index (κ2) is 50.6. The molecule has 0 heterocycles. The highest BCUT2D eigenvalue weighted by molar-refractivity contribution is 9.11. The Bertz CT molecular complexity index is 3660. The molecule has 0 fully saturated rings. The van der Waals surface area contributed by atoms with Gasteiger partial charge in [0.15, 0.2) is 23.1 Å². The summed E-state index contributed by atoms with van der Waals surface area (Å²) in [5.41, 5.74) is 14.6. The molecule has 0 aliphatic rings. The van der Waals surface area contributed by atoms with Gasteiger partial charge in [0.2, 0.25) is 11.8 Å². The van der Waals surface area contributed by atoms with Gasteiger partial charge in [-0.3, -0.25) is 38.4 Å². The number of primary amides is 2. The molecule has 6 aromatic rings. The SMILES string of the molecule is CC(C)C[C@H](NC(=O)Nc1ccc(Br)cc1)C(=O)C[C@H](C(=O)O)c1ccccc1.CC(C)C[C@H](NC(=O)Nc1ccc(Br)cc1)C(=O)C[C@H](C(N)=O)c1ccccc1.CCC[C@H](CC(=O)[C@H](CC(C)C)NC(=O)Nc1ccc(Br)cc1)C(=O)O.CCC[C@H](CC(=O)[C@H](CC(C)C)NC(=O)Nc1ccc(Br)cc1)C(N)=O. The van der Waals surface area contributed by atoms with Crippen LogP contribution >= 0.6 is 63.7 Å². The Kier molecular flexibility index (Phi) is 43.8. The van der Waals surface area contributed by atoms with Crippen LogP contribution in [0.4, 0.5) is 41.9 Å². The number of benzene rings is 6. The number of amides is 10. The molecule has 0 saturated heterocycles. The number of hydrogen-bond donors (Lipinski definition) is 12. The first-order valence-corrected chi connectivity index (χ1v) is 39.7. The fourth-order valence-corrected chi connectivity index (χ4v) is 12.4. The number of aliphatic carboxylic acids is 2. The normalized spacial score (nSPS) is 13.0. The summed E-state index contributed by atoms with van der Waals surface area (Å²) in [7, 11) is 0. The fraction of sp³-hybridized carbons (Fsp3) is 0.415. The number of nitrogens with two attached hydrogens (primary N) is 2. The van der Waals surface area contributed by atoms with Crippen LogP contribution in [0.1, 0.15) is 169 Å². The highest BCUT2D eigenvalue weighted by Gasteiger charge is 2.33. The Morgan fingerprint density at radius 2 is 0.573 bits per heavy atom. The molecule has 24 nitrogen and oxygen atoms in total. The number of urea groups is 4. The van der Waals surface area contributed by atoms with Crippen LogP contribution < -0.4 is 54.0 Å². The Labute approximate surface area is 679 Å². The monoisotopic (exact) mass is 1770 g/mol. The van der Waals surface area contributed by atoms with E-state index in [4.69, 9.17) is 11.5 Å². The summed E-state index contributed by atoms with van der Waals surface area (Å²) >= 11 is 13.3. The highest BCUT2D eigenvalue weighted by Crippen LogP contribution is 2.26. The number of carboxylic acid groups (broad SMARTS) is 2. The first kappa shape index (κ1) is 95.1. The third kappa shape index (κ3) is 38.5. The first-order chi connectivity index (χ1) is 52.0. The average molecular weight is 1780 g/mol. The van der Waals surface area contributed by atoms with Crippen molar-refractivity contribution in [3.63, 3.8) is 0 Å². The zero-order valence-electron chi connectivity index (χ0n) is 63.9. The van der Waals surface area contributed by atoms with E-state index in [1.165, 1.54) is 0 Å². The number of halogens is 4. The molecule has 0 aliphatic heterocycles. The van der Waals surface area contributed by atoms with E-state index in [-0.39, 0.29) is 72.5 Å². The van der Waals surface area contributed by atoms with E-state index in [2.05, 4.69) is 106 Å². The smallest absolute Gasteiger partial charge is 0.319 e. The maximum atomic E-state index is 12.9. The van der Waals surface area contributed by atoms with Crippen molar-refractivity contribution < 1.29 is 67.7 Å². The second-order valence-electron chi connectivity index (χ2n) is 28.2. The van der Waals surface area contributed by atoms with Gasteiger partial charge < -0.3 is 64.2 Å². The Balaban J connectivity index is 0.000000381. The minimum atomic E-state index is -1.06. The first-order valence-electron chi connectivity index (χ1n) is 36.5. The summed E-state index contributed by atoms with van der Waals surface area (Å²) in [6.45, 7) is 19.5. The zero-order valence-corrected chi connectivity index (χ0v) is 70.2. The topological polar surface area (TPSA) is 394 Å². The molecule has 10 amide bonds. The van der Waals surface area contributed by atoms with Crippen LogP contribution in [0.25, 0.3) is 0 Å². The molecular formula is C82H106Br4N10O14. The third-order valence-corrected chi connectivity index (χ3v) is 18.9. The number of hydrogen-bond acceptors (Lipinski definition) is 12. The van der Waals surface area contributed by atoms with Gasteiger partial charge in [-0.25, -0.2) is 19.2 Å².